The standard InChI is InChI=1S/C21H17ClFNO5/c22-14-7-3-13(4-8-14)19(27)17-18(12-5-9-15(23)10-6-12)24(21(29)20(17)28)11-1-2-16(25)26/h3-10,18,27H,1-2,11H2,(H,25,26)/b19-17+/t18-/m0/s1. The Balaban J connectivity index is 2.08. The summed E-state index contributed by atoms with van der Waals surface area (Å²) in [6.45, 7) is -0.00366. The van der Waals surface area contributed by atoms with Gasteiger partial charge in [-0.2, -0.15) is 0 Å². The number of hydrogen-bond acceptors (Lipinski definition) is 4. The molecule has 1 aliphatic heterocycles. The van der Waals surface area contributed by atoms with E-state index >= 15 is 0 Å². The van der Waals surface area contributed by atoms with Crippen molar-refractivity contribution in [3.05, 3.63) is 76.1 Å². The van der Waals surface area contributed by atoms with Crippen molar-refractivity contribution in [2.45, 2.75) is 18.9 Å². The predicted octanol–water partition coefficient (Wildman–Crippen LogP) is 3.77. The molecule has 150 valence electrons. The molecule has 3 rings (SSSR count). The first-order valence-electron chi connectivity index (χ1n) is 8.81. The number of hydrogen-bond donors (Lipinski definition) is 2. The Morgan fingerprint density at radius 1 is 1.03 bits per heavy atom. The summed E-state index contributed by atoms with van der Waals surface area (Å²) < 4.78 is 13.4. The molecule has 2 N–H and O–H groups in total. The highest BCUT2D eigenvalue weighted by Gasteiger charge is 2.45. The third kappa shape index (κ3) is 4.30. The van der Waals surface area contributed by atoms with Gasteiger partial charge in [-0.3, -0.25) is 14.4 Å². The lowest BCUT2D eigenvalue weighted by Crippen LogP contribution is -2.31. The number of aliphatic hydroxyl groups excluding tert-OH is 1. The molecule has 2 aromatic rings. The number of aliphatic hydroxyl groups is 1. The van der Waals surface area contributed by atoms with Gasteiger partial charge in [-0.05, 0) is 48.4 Å². The minimum Gasteiger partial charge on any atom is -0.507 e. The number of halogens is 2. The zero-order chi connectivity index (χ0) is 21.1. The molecule has 1 saturated heterocycles. The maximum atomic E-state index is 13.4. The highest BCUT2D eigenvalue weighted by molar-refractivity contribution is 6.46. The molecule has 0 radical (unpaired) electrons. The maximum absolute atomic E-state index is 13.4. The molecule has 0 unspecified atom stereocenters. The van der Waals surface area contributed by atoms with Crippen LogP contribution < -0.4 is 0 Å². The number of likely N-dealkylation sites (tertiary alicyclic amines) is 1. The van der Waals surface area contributed by atoms with E-state index in [1.54, 1.807) is 0 Å². The van der Waals surface area contributed by atoms with Crippen LogP contribution in [0.15, 0.2) is 54.1 Å². The molecule has 1 fully saturated rings. The van der Waals surface area contributed by atoms with Gasteiger partial charge in [0.2, 0.25) is 0 Å². The number of nitrogens with zero attached hydrogens (tertiary/aromatic N) is 1. The second-order valence-electron chi connectivity index (χ2n) is 6.55. The zero-order valence-corrected chi connectivity index (χ0v) is 15.9. The fourth-order valence-electron chi connectivity index (χ4n) is 3.27. The van der Waals surface area contributed by atoms with Gasteiger partial charge in [0.15, 0.2) is 0 Å². The third-order valence-electron chi connectivity index (χ3n) is 4.63. The normalized spacial score (nSPS) is 18.3. The van der Waals surface area contributed by atoms with Crippen LogP contribution in [0.5, 0.6) is 0 Å². The van der Waals surface area contributed by atoms with Gasteiger partial charge >= 0.3 is 5.97 Å². The molecule has 0 spiro atoms. The Morgan fingerprint density at radius 3 is 2.24 bits per heavy atom. The Bertz CT molecular complexity index is 985. The van der Waals surface area contributed by atoms with Gasteiger partial charge in [-0.15, -0.1) is 0 Å². The largest absolute Gasteiger partial charge is 0.507 e. The first-order valence-corrected chi connectivity index (χ1v) is 9.19. The minimum atomic E-state index is -1.03. The molecule has 0 aliphatic carbocycles. The predicted molar refractivity (Wildman–Crippen MR) is 104 cm³/mol. The number of Topliss-reactive ketones (excluding diaryl/α,β-unsaturated/α-hetero) is 1. The molecule has 6 nitrogen and oxygen atoms in total. The molecule has 0 aromatic heterocycles. The van der Waals surface area contributed by atoms with Gasteiger partial charge in [0.1, 0.15) is 11.6 Å². The summed E-state index contributed by atoms with van der Waals surface area (Å²) in [7, 11) is 0. The summed E-state index contributed by atoms with van der Waals surface area (Å²) in [4.78, 5) is 37.4. The van der Waals surface area contributed by atoms with Crippen molar-refractivity contribution < 1.29 is 29.0 Å². The van der Waals surface area contributed by atoms with Crippen LogP contribution in [0.3, 0.4) is 0 Å². The van der Waals surface area contributed by atoms with Gasteiger partial charge in [-0.25, -0.2) is 4.39 Å². The lowest BCUT2D eigenvalue weighted by Gasteiger charge is -2.25. The summed E-state index contributed by atoms with van der Waals surface area (Å²) in [6, 6.07) is 10.4. The number of carbonyl (C=O) groups is 3. The number of amides is 1. The minimum absolute atomic E-state index is 0.00366. The second-order valence-corrected chi connectivity index (χ2v) is 6.98. The van der Waals surface area contributed by atoms with E-state index in [9.17, 15) is 23.9 Å². The van der Waals surface area contributed by atoms with E-state index in [0.29, 0.717) is 16.1 Å². The van der Waals surface area contributed by atoms with Crippen LogP contribution in [0.2, 0.25) is 5.02 Å². The summed E-state index contributed by atoms with van der Waals surface area (Å²) in [6.07, 6.45) is -0.0582. The number of carboxylic acid groups (broad SMARTS) is 1. The third-order valence-corrected chi connectivity index (χ3v) is 4.88. The lowest BCUT2D eigenvalue weighted by molar-refractivity contribution is -0.140. The molecule has 1 atom stereocenters. The van der Waals surface area contributed by atoms with Crippen molar-refractivity contribution in [1.29, 1.82) is 0 Å². The highest BCUT2D eigenvalue weighted by Crippen LogP contribution is 2.39. The number of carboxylic acids is 1. The van der Waals surface area contributed by atoms with E-state index in [0.717, 1.165) is 0 Å². The smallest absolute Gasteiger partial charge is 0.303 e. The summed E-state index contributed by atoms with van der Waals surface area (Å²) in [5.74, 6) is -3.63. The van der Waals surface area contributed by atoms with Crippen molar-refractivity contribution in [3.63, 3.8) is 0 Å². The van der Waals surface area contributed by atoms with E-state index in [-0.39, 0.29) is 30.7 Å². The van der Waals surface area contributed by atoms with Gasteiger partial charge in [0.05, 0.1) is 11.6 Å². The molecule has 0 saturated carbocycles. The zero-order valence-electron chi connectivity index (χ0n) is 15.1. The molecule has 2 aromatic carbocycles. The molecule has 1 amide bonds. The van der Waals surface area contributed by atoms with Gasteiger partial charge < -0.3 is 15.1 Å². The summed E-state index contributed by atoms with van der Waals surface area (Å²) in [5.41, 5.74) is 0.584. The average molecular weight is 418 g/mol. The molecular formula is C21H17ClFNO5. The van der Waals surface area contributed by atoms with Crippen LogP contribution >= 0.6 is 11.6 Å². The van der Waals surface area contributed by atoms with Crippen molar-refractivity contribution in [3.8, 4) is 0 Å². The van der Waals surface area contributed by atoms with E-state index in [1.807, 2.05) is 0 Å². The SMILES string of the molecule is O=C(O)CCCN1C(=O)C(=O)/C(=C(/O)c2ccc(Cl)cc2)[C@@H]1c1ccc(F)cc1. The van der Waals surface area contributed by atoms with E-state index < -0.39 is 29.5 Å². The van der Waals surface area contributed by atoms with E-state index in [2.05, 4.69) is 0 Å². The molecule has 1 aliphatic rings. The van der Waals surface area contributed by atoms with Crippen LogP contribution in [0, 0.1) is 5.82 Å². The monoisotopic (exact) mass is 417 g/mol. The van der Waals surface area contributed by atoms with Crippen LogP contribution in [0.4, 0.5) is 4.39 Å². The number of rotatable bonds is 6. The van der Waals surface area contributed by atoms with Crippen molar-refractivity contribution in [1.82, 2.24) is 4.90 Å². The molecule has 8 heteroatoms. The molecule has 0 bridgehead atoms. The second kappa shape index (κ2) is 8.45. The number of carbonyl (C=O) groups excluding carboxylic acids is 2. The van der Waals surface area contributed by atoms with E-state index in [1.165, 1.54) is 53.4 Å². The van der Waals surface area contributed by atoms with E-state index in [4.69, 9.17) is 16.7 Å². The quantitative estimate of drug-likeness (QED) is 0.424. The number of aliphatic carboxylic acids is 1. The van der Waals surface area contributed by atoms with Crippen molar-refractivity contribution in [2.24, 2.45) is 0 Å². The lowest BCUT2D eigenvalue weighted by atomic mass is 9.95. The Labute approximate surface area is 170 Å². The Morgan fingerprint density at radius 2 is 1.66 bits per heavy atom. The highest BCUT2D eigenvalue weighted by atomic mass is 35.5. The first kappa shape index (κ1) is 20.5. The van der Waals surface area contributed by atoms with Crippen LogP contribution in [-0.4, -0.2) is 39.3 Å². The fraction of sp³-hybridized carbons (Fsp3) is 0.190. The number of ketones is 1. The van der Waals surface area contributed by atoms with Gasteiger partial charge in [0, 0.05) is 23.6 Å². The van der Waals surface area contributed by atoms with Gasteiger partial charge in [-0.1, -0.05) is 23.7 Å². The molecular weight excluding hydrogens is 401 g/mol. The fourth-order valence-corrected chi connectivity index (χ4v) is 3.39. The maximum Gasteiger partial charge on any atom is 0.303 e. The first-order chi connectivity index (χ1) is 13.8. The Kier molecular flexibility index (Phi) is 5.98. The Hall–Kier alpha value is -3.19. The van der Waals surface area contributed by atoms with Crippen LogP contribution in [0.1, 0.15) is 30.0 Å². The van der Waals surface area contributed by atoms with Crippen molar-refractivity contribution in [2.75, 3.05) is 6.54 Å². The average Bonchev–Trinajstić information content (AvgIpc) is 2.93. The molecule has 29 heavy (non-hydrogen) atoms. The van der Waals surface area contributed by atoms with Crippen molar-refractivity contribution >= 4 is 35.0 Å². The number of benzene rings is 2. The van der Waals surface area contributed by atoms with Gasteiger partial charge in [0.25, 0.3) is 11.7 Å². The summed E-state index contributed by atoms with van der Waals surface area (Å²) in [5, 5.41) is 20.1. The van der Waals surface area contributed by atoms with Crippen LogP contribution in [0.25, 0.3) is 5.76 Å². The van der Waals surface area contributed by atoms with Crippen LogP contribution in [-0.2, 0) is 14.4 Å². The molecule has 1 heterocycles. The summed E-state index contributed by atoms with van der Waals surface area (Å²) >= 11 is 5.86. The topological polar surface area (TPSA) is 94.9 Å².